The zero-order valence-electron chi connectivity index (χ0n) is 13.6. The van der Waals surface area contributed by atoms with E-state index in [1.807, 2.05) is 13.0 Å². The number of carbonyl (C=O) groups is 1. The minimum absolute atomic E-state index is 0.0652. The molecule has 1 aliphatic carbocycles. The monoisotopic (exact) mass is 337 g/mol. The van der Waals surface area contributed by atoms with Gasteiger partial charge in [-0.1, -0.05) is 18.5 Å². The number of nitrogens with zero attached hydrogens (tertiary/aromatic N) is 1. The van der Waals surface area contributed by atoms with Crippen molar-refractivity contribution in [2.75, 3.05) is 19.7 Å². The van der Waals surface area contributed by atoms with Gasteiger partial charge in [-0.25, -0.2) is 0 Å². The Hall–Kier alpha value is -1.26. The van der Waals surface area contributed by atoms with Gasteiger partial charge in [-0.05, 0) is 50.3 Å². The van der Waals surface area contributed by atoms with Gasteiger partial charge in [-0.2, -0.15) is 0 Å². The first-order chi connectivity index (χ1) is 11.0. The van der Waals surface area contributed by atoms with Gasteiger partial charge in [0.05, 0.1) is 23.3 Å². The Bertz CT molecular complexity index is 588. The molecular weight excluding hydrogens is 314 g/mol. The topological polar surface area (TPSA) is 49.8 Å². The molecule has 0 aromatic heterocycles. The molecule has 1 aromatic rings. The molecule has 1 heterocycles. The average molecular weight is 338 g/mol. The molecule has 1 aromatic carbocycles. The first-order valence-corrected chi connectivity index (χ1v) is 8.75. The van der Waals surface area contributed by atoms with Crippen molar-refractivity contribution < 1.29 is 14.6 Å². The predicted molar refractivity (Wildman–Crippen MR) is 90.0 cm³/mol. The maximum Gasteiger partial charge on any atom is 0.255 e. The highest BCUT2D eigenvalue weighted by molar-refractivity contribution is 6.34. The number of benzene rings is 1. The molecule has 0 spiro atoms. The summed E-state index contributed by atoms with van der Waals surface area (Å²) in [6.07, 6.45) is 5.53. The van der Waals surface area contributed by atoms with Gasteiger partial charge in [0, 0.05) is 18.5 Å². The van der Waals surface area contributed by atoms with Crippen LogP contribution >= 0.6 is 11.6 Å². The minimum atomic E-state index is -0.215. The molecule has 1 aliphatic heterocycles. The SMILES string of the molecule is CC1(CO)CCCN(C(=O)c2ccc(OC3CCC3)cc2Cl)C1. The summed E-state index contributed by atoms with van der Waals surface area (Å²) in [7, 11) is 0. The van der Waals surface area contributed by atoms with Crippen molar-refractivity contribution in [3.63, 3.8) is 0 Å². The van der Waals surface area contributed by atoms with E-state index in [2.05, 4.69) is 0 Å². The minimum Gasteiger partial charge on any atom is -0.490 e. The second-order valence-corrected chi connectivity index (χ2v) is 7.52. The second-order valence-electron chi connectivity index (χ2n) is 7.11. The Balaban J connectivity index is 1.71. The Morgan fingerprint density at radius 1 is 1.43 bits per heavy atom. The van der Waals surface area contributed by atoms with Crippen molar-refractivity contribution in [2.45, 2.75) is 45.1 Å². The number of carbonyl (C=O) groups excluding carboxylic acids is 1. The molecule has 0 radical (unpaired) electrons. The molecule has 1 saturated heterocycles. The maximum absolute atomic E-state index is 12.7. The highest BCUT2D eigenvalue weighted by Crippen LogP contribution is 2.32. The molecule has 2 aliphatic rings. The number of hydrogen-bond acceptors (Lipinski definition) is 3. The van der Waals surface area contributed by atoms with Crippen LogP contribution < -0.4 is 4.74 Å². The lowest BCUT2D eigenvalue weighted by Gasteiger charge is -2.39. The third-order valence-corrected chi connectivity index (χ3v) is 5.29. The maximum atomic E-state index is 12.7. The third kappa shape index (κ3) is 3.64. The van der Waals surface area contributed by atoms with E-state index in [0.29, 0.717) is 29.8 Å². The summed E-state index contributed by atoms with van der Waals surface area (Å²) in [5.74, 6) is 0.666. The number of hydrogen-bond donors (Lipinski definition) is 1. The zero-order chi connectivity index (χ0) is 16.4. The first kappa shape index (κ1) is 16.6. The summed E-state index contributed by atoms with van der Waals surface area (Å²) in [6, 6.07) is 5.32. The lowest BCUT2D eigenvalue weighted by Crippen LogP contribution is -2.46. The van der Waals surface area contributed by atoms with Gasteiger partial charge in [-0.15, -0.1) is 0 Å². The molecule has 126 valence electrons. The number of likely N-dealkylation sites (tertiary alicyclic amines) is 1. The largest absolute Gasteiger partial charge is 0.490 e. The van der Waals surface area contributed by atoms with E-state index in [1.165, 1.54) is 6.42 Å². The van der Waals surface area contributed by atoms with E-state index in [1.54, 1.807) is 17.0 Å². The Morgan fingerprint density at radius 3 is 2.83 bits per heavy atom. The molecule has 4 nitrogen and oxygen atoms in total. The van der Waals surface area contributed by atoms with E-state index in [0.717, 1.165) is 31.4 Å². The van der Waals surface area contributed by atoms with Crippen molar-refractivity contribution in [2.24, 2.45) is 5.41 Å². The smallest absolute Gasteiger partial charge is 0.255 e. The summed E-state index contributed by atoms with van der Waals surface area (Å²) in [5, 5.41) is 9.98. The van der Waals surface area contributed by atoms with Crippen LogP contribution in [0.3, 0.4) is 0 Å². The number of rotatable bonds is 4. The highest BCUT2D eigenvalue weighted by atomic mass is 35.5. The van der Waals surface area contributed by atoms with Crippen molar-refractivity contribution in [3.05, 3.63) is 28.8 Å². The first-order valence-electron chi connectivity index (χ1n) is 8.37. The lowest BCUT2D eigenvalue weighted by atomic mass is 9.82. The third-order valence-electron chi connectivity index (χ3n) is 4.98. The summed E-state index contributed by atoms with van der Waals surface area (Å²) >= 11 is 6.32. The molecule has 1 amide bonds. The van der Waals surface area contributed by atoms with Gasteiger partial charge < -0.3 is 14.7 Å². The average Bonchev–Trinajstić information content (AvgIpc) is 2.50. The molecule has 5 heteroatoms. The number of amides is 1. The summed E-state index contributed by atoms with van der Waals surface area (Å²) in [4.78, 5) is 14.5. The van der Waals surface area contributed by atoms with E-state index in [9.17, 15) is 9.90 Å². The van der Waals surface area contributed by atoms with Crippen molar-refractivity contribution in [1.82, 2.24) is 4.90 Å². The zero-order valence-corrected chi connectivity index (χ0v) is 14.3. The van der Waals surface area contributed by atoms with Gasteiger partial charge in [0.15, 0.2) is 0 Å². The molecular formula is C18H24ClNO3. The standard InChI is InChI=1S/C18H24ClNO3/c1-18(12-21)8-3-9-20(11-18)17(22)15-7-6-14(10-16(15)19)23-13-4-2-5-13/h6-7,10,13,21H,2-5,8-9,11-12H2,1H3. The Morgan fingerprint density at radius 2 is 2.22 bits per heavy atom. The molecule has 0 bridgehead atoms. The van der Waals surface area contributed by atoms with Crippen LogP contribution in [0.1, 0.15) is 49.4 Å². The second kappa shape index (κ2) is 6.70. The predicted octanol–water partition coefficient (Wildman–Crippen LogP) is 3.51. The van der Waals surface area contributed by atoms with Crippen molar-refractivity contribution in [1.29, 1.82) is 0 Å². The fraction of sp³-hybridized carbons (Fsp3) is 0.611. The van der Waals surface area contributed by atoms with Crippen LogP contribution in [0.5, 0.6) is 5.75 Å². The summed E-state index contributed by atoms with van der Waals surface area (Å²) in [5.41, 5.74) is 0.294. The van der Waals surface area contributed by atoms with E-state index in [4.69, 9.17) is 16.3 Å². The normalized spacial score (nSPS) is 25.1. The quantitative estimate of drug-likeness (QED) is 0.914. The van der Waals surface area contributed by atoms with Gasteiger partial charge in [-0.3, -0.25) is 4.79 Å². The van der Waals surface area contributed by atoms with Crippen LogP contribution in [-0.2, 0) is 0 Å². The molecule has 1 atom stereocenters. The summed E-state index contributed by atoms with van der Waals surface area (Å²) in [6.45, 7) is 3.40. The highest BCUT2D eigenvalue weighted by Gasteiger charge is 2.33. The van der Waals surface area contributed by atoms with Crippen molar-refractivity contribution in [3.8, 4) is 5.75 Å². The van der Waals surface area contributed by atoms with Gasteiger partial charge in [0.2, 0.25) is 0 Å². The van der Waals surface area contributed by atoms with Crippen LogP contribution in [0.4, 0.5) is 0 Å². The fourth-order valence-electron chi connectivity index (χ4n) is 3.21. The molecule has 2 fully saturated rings. The number of aliphatic hydroxyl groups excluding tert-OH is 1. The van der Waals surface area contributed by atoms with Crippen molar-refractivity contribution >= 4 is 17.5 Å². The number of piperidine rings is 1. The Kier molecular flexibility index (Phi) is 4.83. The Labute approximate surface area is 142 Å². The summed E-state index contributed by atoms with van der Waals surface area (Å²) < 4.78 is 5.82. The van der Waals surface area contributed by atoms with Crippen LogP contribution in [0.15, 0.2) is 18.2 Å². The van der Waals surface area contributed by atoms with Gasteiger partial charge >= 0.3 is 0 Å². The van der Waals surface area contributed by atoms with Crippen LogP contribution in [0, 0.1) is 5.41 Å². The van der Waals surface area contributed by atoms with Gasteiger partial charge in [0.25, 0.3) is 5.91 Å². The van der Waals surface area contributed by atoms with E-state index < -0.39 is 0 Å². The van der Waals surface area contributed by atoms with Crippen LogP contribution in [0.25, 0.3) is 0 Å². The van der Waals surface area contributed by atoms with Gasteiger partial charge in [0.1, 0.15) is 5.75 Å². The van der Waals surface area contributed by atoms with Crippen LogP contribution in [0.2, 0.25) is 5.02 Å². The molecule has 1 unspecified atom stereocenters. The molecule has 1 N–H and O–H groups in total. The molecule has 1 saturated carbocycles. The number of aliphatic hydroxyl groups is 1. The molecule has 23 heavy (non-hydrogen) atoms. The fourth-order valence-corrected chi connectivity index (χ4v) is 3.46. The van der Waals surface area contributed by atoms with E-state index >= 15 is 0 Å². The van der Waals surface area contributed by atoms with E-state index in [-0.39, 0.29) is 17.9 Å². The lowest BCUT2D eigenvalue weighted by molar-refractivity contribution is 0.0358. The molecule has 3 rings (SSSR count). The number of ether oxygens (including phenoxy) is 1. The van der Waals surface area contributed by atoms with Crippen LogP contribution in [-0.4, -0.2) is 41.7 Å². The number of halogens is 1.